The third kappa shape index (κ3) is 3.46. The van der Waals surface area contributed by atoms with Gasteiger partial charge in [-0.15, -0.1) is 0 Å². The number of anilines is 1. The molecule has 116 valence electrons. The van der Waals surface area contributed by atoms with Crippen molar-refractivity contribution in [3.63, 3.8) is 0 Å². The van der Waals surface area contributed by atoms with Crippen molar-refractivity contribution in [2.75, 3.05) is 11.9 Å². The first-order valence-electron chi connectivity index (χ1n) is 6.55. The van der Waals surface area contributed by atoms with Crippen LogP contribution in [0.5, 0.6) is 0 Å². The number of halogens is 1. The van der Waals surface area contributed by atoms with Crippen LogP contribution in [-0.4, -0.2) is 23.6 Å². The second kappa shape index (κ2) is 6.62. The number of aryl methyl sites for hydroxylation is 2. The topological polar surface area (TPSA) is 81.4 Å². The Labute approximate surface area is 132 Å². The Morgan fingerprint density at radius 1 is 1.32 bits per heavy atom. The summed E-state index contributed by atoms with van der Waals surface area (Å²) in [6.07, 6.45) is 0. The summed E-state index contributed by atoms with van der Waals surface area (Å²) in [5.41, 5.74) is 1.99. The minimum absolute atomic E-state index is 0.242. The van der Waals surface area contributed by atoms with Crippen LogP contribution in [0.25, 0.3) is 0 Å². The summed E-state index contributed by atoms with van der Waals surface area (Å²) < 4.78 is 9.85. The van der Waals surface area contributed by atoms with Crippen LogP contribution >= 0.6 is 11.6 Å². The molecule has 0 saturated carbocycles. The molecule has 6 nitrogen and oxygen atoms in total. The molecule has 22 heavy (non-hydrogen) atoms. The van der Waals surface area contributed by atoms with Crippen molar-refractivity contribution < 1.29 is 18.8 Å². The predicted octanol–water partition coefficient (Wildman–Crippen LogP) is 3.05. The summed E-state index contributed by atoms with van der Waals surface area (Å²) in [4.78, 5) is 23.8. The van der Waals surface area contributed by atoms with Crippen LogP contribution in [0.2, 0.25) is 5.02 Å². The van der Waals surface area contributed by atoms with Gasteiger partial charge in [0.15, 0.2) is 6.61 Å². The molecule has 2 rings (SSSR count). The molecule has 0 saturated heterocycles. The van der Waals surface area contributed by atoms with Gasteiger partial charge in [0.1, 0.15) is 11.3 Å². The van der Waals surface area contributed by atoms with Crippen molar-refractivity contribution in [2.45, 2.75) is 20.8 Å². The molecule has 1 aromatic heterocycles. The van der Waals surface area contributed by atoms with Gasteiger partial charge < -0.3 is 14.6 Å². The first-order valence-corrected chi connectivity index (χ1v) is 6.93. The molecular formula is C15H15ClN2O4. The number of carbonyl (C=O) groups is 2. The zero-order valence-corrected chi connectivity index (χ0v) is 13.2. The number of hydrogen-bond donors (Lipinski definition) is 1. The quantitative estimate of drug-likeness (QED) is 0.875. The number of ether oxygens (including phenoxy) is 1. The molecule has 1 aromatic carbocycles. The molecule has 0 atom stereocenters. The number of hydrogen-bond acceptors (Lipinski definition) is 5. The molecule has 0 aliphatic heterocycles. The number of aromatic nitrogens is 1. The van der Waals surface area contributed by atoms with E-state index in [1.165, 1.54) is 0 Å². The molecule has 1 N–H and O–H groups in total. The lowest BCUT2D eigenvalue weighted by Crippen LogP contribution is -2.21. The van der Waals surface area contributed by atoms with E-state index < -0.39 is 18.5 Å². The maximum absolute atomic E-state index is 11.9. The molecule has 0 bridgehead atoms. The molecule has 0 radical (unpaired) electrons. The van der Waals surface area contributed by atoms with Gasteiger partial charge in [-0.3, -0.25) is 4.79 Å². The highest BCUT2D eigenvalue weighted by molar-refractivity contribution is 6.31. The molecule has 2 aromatic rings. The average Bonchev–Trinajstić information content (AvgIpc) is 2.81. The maximum Gasteiger partial charge on any atom is 0.344 e. The molecule has 1 heterocycles. The van der Waals surface area contributed by atoms with Crippen LogP contribution in [0, 0.1) is 20.8 Å². The molecule has 0 aliphatic carbocycles. The van der Waals surface area contributed by atoms with Gasteiger partial charge in [-0.05, 0) is 38.5 Å². The number of rotatable bonds is 4. The largest absolute Gasteiger partial charge is 0.452 e. The first kappa shape index (κ1) is 16.0. The normalized spacial score (nSPS) is 10.4. The molecule has 0 unspecified atom stereocenters. The fraction of sp³-hybridized carbons (Fsp3) is 0.267. The van der Waals surface area contributed by atoms with Gasteiger partial charge in [0.05, 0.1) is 5.69 Å². The van der Waals surface area contributed by atoms with E-state index in [0.29, 0.717) is 22.2 Å². The van der Waals surface area contributed by atoms with Crippen LogP contribution in [0.15, 0.2) is 22.7 Å². The number of esters is 1. The lowest BCUT2D eigenvalue weighted by atomic mass is 10.2. The van der Waals surface area contributed by atoms with Gasteiger partial charge >= 0.3 is 5.97 Å². The van der Waals surface area contributed by atoms with E-state index in [0.717, 1.165) is 5.56 Å². The highest BCUT2D eigenvalue weighted by atomic mass is 35.5. The second-order valence-electron chi connectivity index (χ2n) is 4.74. The summed E-state index contributed by atoms with van der Waals surface area (Å²) in [5, 5.41) is 6.85. The summed E-state index contributed by atoms with van der Waals surface area (Å²) >= 11 is 5.97. The van der Waals surface area contributed by atoms with Crippen molar-refractivity contribution in [1.29, 1.82) is 0 Å². The van der Waals surface area contributed by atoms with E-state index in [4.69, 9.17) is 20.9 Å². The van der Waals surface area contributed by atoms with E-state index >= 15 is 0 Å². The number of amides is 1. The van der Waals surface area contributed by atoms with Gasteiger partial charge in [-0.2, -0.15) is 0 Å². The monoisotopic (exact) mass is 322 g/mol. The van der Waals surface area contributed by atoms with Crippen molar-refractivity contribution >= 4 is 29.2 Å². The zero-order chi connectivity index (χ0) is 16.3. The highest BCUT2D eigenvalue weighted by Gasteiger charge is 2.20. The van der Waals surface area contributed by atoms with E-state index in [2.05, 4.69) is 10.5 Å². The Bertz CT molecular complexity index is 705. The Balaban J connectivity index is 1.96. The van der Waals surface area contributed by atoms with Gasteiger partial charge in [0.2, 0.25) is 0 Å². The van der Waals surface area contributed by atoms with Crippen molar-refractivity contribution in [1.82, 2.24) is 5.16 Å². The zero-order valence-electron chi connectivity index (χ0n) is 12.4. The van der Waals surface area contributed by atoms with E-state index in [-0.39, 0.29) is 5.56 Å². The second-order valence-corrected chi connectivity index (χ2v) is 5.14. The molecule has 0 fully saturated rings. The summed E-state index contributed by atoms with van der Waals surface area (Å²) in [6, 6.07) is 5.17. The number of nitrogens with one attached hydrogen (secondary N) is 1. The van der Waals surface area contributed by atoms with Gasteiger partial charge in [-0.1, -0.05) is 22.8 Å². The van der Waals surface area contributed by atoms with Crippen LogP contribution < -0.4 is 5.32 Å². The van der Waals surface area contributed by atoms with Gasteiger partial charge in [0, 0.05) is 10.7 Å². The molecule has 1 amide bonds. The maximum atomic E-state index is 11.9. The third-order valence-corrected chi connectivity index (χ3v) is 3.52. The average molecular weight is 323 g/mol. The van der Waals surface area contributed by atoms with Crippen LogP contribution in [0.4, 0.5) is 5.69 Å². The minimum atomic E-state index is -0.644. The number of benzene rings is 1. The van der Waals surface area contributed by atoms with E-state index in [1.807, 2.05) is 0 Å². The Hall–Kier alpha value is -2.34. The van der Waals surface area contributed by atoms with Crippen LogP contribution in [0.1, 0.15) is 27.4 Å². The predicted molar refractivity (Wildman–Crippen MR) is 81.1 cm³/mol. The van der Waals surface area contributed by atoms with Crippen molar-refractivity contribution in [2.24, 2.45) is 0 Å². The number of nitrogens with zero attached hydrogens (tertiary/aromatic N) is 1. The fourth-order valence-corrected chi connectivity index (χ4v) is 2.08. The summed E-state index contributed by atoms with van der Waals surface area (Å²) in [5.74, 6) is -0.742. The summed E-state index contributed by atoms with van der Waals surface area (Å²) in [7, 11) is 0. The number of carbonyl (C=O) groups excluding carboxylic acids is 2. The standard InChI is InChI=1S/C15H15ClN2O4/c1-8-11(16)5-4-6-12(8)17-13(19)7-21-15(20)14-9(2)18-22-10(14)3/h4-6H,7H2,1-3H3,(H,17,19). The molecule has 0 spiro atoms. The van der Waals surface area contributed by atoms with Crippen molar-refractivity contribution in [3.05, 3.63) is 45.8 Å². The lowest BCUT2D eigenvalue weighted by Gasteiger charge is -2.09. The Kier molecular flexibility index (Phi) is 4.82. The minimum Gasteiger partial charge on any atom is -0.452 e. The molecule has 0 aliphatic rings. The van der Waals surface area contributed by atoms with E-state index in [1.54, 1.807) is 39.0 Å². The van der Waals surface area contributed by atoms with Crippen molar-refractivity contribution in [3.8, 4) is 0 Å². The Morgan fingerprint density at radius 2 is 2.05 bits per heavy atom. The molecule has 7 heteroatoms. The fourth-order valence-electron chi connectivity index (χ4n) is 1.91. The van der Waals surface area contributed by atoms with Crippen LogP contribution in [0.3, 0.4) is 0 Å². The SMILES string of the molecule is Cc1noc(C)c1C(=O)OCC(=O)Nc1cccc(Cl)c1C. The smallest absolute Gasteiger partial charge is 0.344 e. The van der Waals surface area contributed by atoms with Gasteiger partial charge in [0.25, 0.3) is 5.91 Å². The summed E-state index contributed by atoms with van der Waals surface area (Å²) in [6.45, 7) is 4.61. The van der Waals surface area contributed by atoms with Gasteiger partial charge in [-0.25, -0.2) is 4.79 Å². The van der Waals surface area contributed by atoms with Crippen LogP contribution in [-0.2, 0) is 9.53 Å². The highest BCUT2D eigenvalue weighted by Crippen LogP contribution is 2.22. The van der Waals surface area contributed by atoms with E-state index in [9.17, 15) is 9.59 Å². The lowest BCUT2D eigenvalue weighted by molar-refractivity contribution is -0.119. The first-order chi connectivity index (χ1) is 10.4. The Morgan fingerprint density at radius 3 is 2.68 bits per heavy atom. The molecular weight excluding hydrogens is 308 g/mol. The third-order valence-electron chi connectivity index (χ3n) is 3.11.